The predicted molar refractivity (Wildman–Crippen MR) is 105 cm³/mol. The number of carbonyl (C=O) groups is 2. The monoisotopic (exact) mass is 426 g/mol. The lowest BCUT2D eigenvalue weighted by Gasteiger charge is -2.05. The van der Waals surface area contributed by atoms with Gasteiger partial charge in [0.25, 0.3) is 5.91 Å². The summed E-state index contributed by atoms with van der Waals surface area (Å²) in [6.45, 7) is 0.615. The Balaban J connectivity index is 1.87. The minimum atomic E-state index is -2.89. The first-order valence-corrected chi connectivity index (χ1v) is 9.54. The lowest BCUT2D eigenvalue weighted by Crippen LogP contribution is -2.18. The number of esters is 1. The third-order valence-corrected chi connectivity index (χ3v) is 4.65. The number of thiophene rings is 1. The Labute approximate surface area is 170 Å². The van der Waals surface area contributed by atoms with E-state index in [0.29, 0.717) is 16.1 Å². The topological polar surface area (TPSA) is 86.2 Å². The molecule has 7 nitrogen and oxygen atoms in total. The molecule has 29 heavy (non-hydrogen) atoms. The van der Waals surface area contributed by atoms with Crippen LogP contribution in [0.4, 0.5) is 13.8 Å². The summed E-state index contributed by atoms with van der Waals surface area (Å²) in [5, 5.41) is 6.68. The summed E-state index contributed by atoms with van der Waals surface area (Å²) in [4.78, 5) is 29.9. The maximum absolute atomic E-state index is 12.1. The van der Waals surface area contributed by atoms with Gasteiger partial charge in [-0.3, -0.25) is 4.79 Å². The fourth-order valence-corrected chi connectivity index (χ4v) is 3.16. The Morgan fingerprint density at radius 1 is 1.24 bits per heavy atom. The standard InChI is InChI=1S/C19H20F2N2O5S/c1-3-14-9-15(18(25)26-4-2)17(29-14)23-16(24)11-27-22-10-12-5-7-13(8-6-12)28-19(20)21/h5-10,19H,3-4,11H2,1-2H3,(H,23,24)/b22-10+. The van der Waals surface area contributed by atoms with Crippen molar-refractivity contribution < 1.29 is 32.7 Å². The number of anilines is 1. The van der Waals surface area contributed by atoms with Gasteiger partial charge in [-0.05, 0) is 49.2 Å². The van der Waals surface area contributed by atoms with Crippen molar-refractivity contribution in [3.63, 3.8) is 0 Å². The van der Waals surface area contributed by atoms with Gasteiger partial charge in [-0.1, -0.05) is 12.1 Å². The van der Waals surface area contributed by atoms with Crippen molar-refractivity contribution in [3.05, 3.63) is 46.3 Å². The van der Waals surface area contributed by atoms with E-state index in [1.54, 1.807) is 13.0 Å². The molecule has 0 fully saturated rings. The molecule has 0 unspecified atom stereocenters. The SMILES string of the molecule is CCOC(=O)c1cc(CC)sc1NC(=O)CO/N=C/c1ccc(OC(F)F)cc1. The van der Waals surface area contributed by atoms with Gasteiger partial charge in [-0.2, -0.15) is 8.78 Å². The number of alkyl halides is 2. The summed E-state index contributed by atoms with van der Waals surface area (Å²) in [6.07, 6.45) is 2.04. The molecular formula is C19H20F2N2O5S. The second-order valence-electron chi connectivity index (χ2n) is 5.53. The molecule has 156 valence electrons. The number of benzene rings is 1. The summed E-state index contributed by atoms with van der Waals surface area (Å²) in [7, 11) is 0. The van der Waals surface area contributed by atoms with Crippen molar-refractivity contribution in [1.29, 1.82) is 0 Å². The van der Waals surface area contributed by atoms with Gasteiger partial charge in [0, 0.05) is 4.88 Å². The average molecular weight is 426 g/mol. The Morgan fingerprint density at radius 3 is 2.59 bits per heavy atom. The highest BCUT2D eigenvalue weighted by Crippen LogP contribution is 2.29. The highest BCUT2D eigenvalue weighted by Gasteiger charge is 2.18. The first kappa shape index (κ1) is 22.3. The van der Waals surface area contributed by atoms with Gasteiger partial charge in [0.05, 0.1) is 18.4 Å². The Hall–Kier alpha value is -3.01. The van der Waals surface area contributed by atoms with E-state index < -0.39 is 18.5 Å². The smallest absolute Gasteiger partial charge is 0.387 e. The molecule has 0 aliphatic carbocycles. The van der Waals surface area contributed by atoms with E-state index in [1.165, 1.54) is 41.8 Å². The van der Waals surface area contributed by atoms with Crippen LogP contribution in [0.5, 0.6) is 5.75 Å². The van der Waals surface area contributed by atoms with E-state index in [0.717, 1.165) is 11.3 Å². The van der Waals surface area contributed by atoms with Crippen molar-refractivity contribution in [3.8, 4) is 5.75 Å². The third-order valence-electron chi connectivity index (χ3n) is 3.46. The molecule has 1 aromatic carbocycles. The molecule has 1 heterocycles. The molecule has 0 bridgehead atoms. The predicted octanol–water partition coefficient (Wildman–Crippen LogP) is 4.08. The number of halogens is 2. The Bertz CT molecular complexity index is 853. The fraction of sp³-hybridized carbons (Fsp3) is 0.316. The molecule has 1 amide bonds. The fourth-order valence-electron chi connectivity index (χ4n) is 2.16. The lowest BCUT2D eigenvalue weighted by atomic mass is 10.2. The second-order valence-corrected chi connectivity index (χ2v) is 6.67. The number of hydrogen-bond donors (Lipinski definition) is 1. The van der Waals surface area contributed by atoms with Gasteiger partial charge in [0.2, 0.25) is 0 Å². The number of hydrogen-bond acceptors (Lipinski definition) is 7. The quantitative estimate of drug-likeness (QED) is 0.352. The number of oxime groups is 1. The molecule has 0 aliphatic heterocycles. The molecule has 2 aromatic rings. The molecule has 0 radical (unpaired) electrons. The molecule has 2 rings (SSSR count). The Morgan fingerprint density at radius 2 is 1.97 bits per heavy atom. The van der Waals surface area contributed by atoms with Gasteiger partial charge >= 0.3 is 12.6 Å². The van der Waals surface area contributed by atoms with Crippen LogP contribution in [0, 0.1) is 0 Å². The Kier molecular flexibility index (Phi) is 8.53. The first-order valence-electron chi connectivity index (χ1n) is 8.72. The molecule has 0 atom stereocenters. The zero-order valence-corrected chi connectivity index (χ0v) is 16.6. The molecule has 0 aliphatic rings. The maximum atomic E-state index is 12.1. The van der Waals surface area contributed by atoms with Gasteiger partial charge < -0.3 is 19.6 Å². The van der Waals surface area contributed by atoms with Crippen LogP contribution in [0.1, 0.15) is 34.6 Å². The van der Waals surface area contributed by atoms with E-state index in [2.05, 4.69) is 15.2 Å². The minimum absolute atomic E-state index is 0.0252. The van der Waals surface area contributed by atoms with Crippen LogP contribution in [0.2, 0.25) is 0 Å². The number of nitrogens with one attached hydrogen (secondary N) is 1. The van der Waals surface area contributed by atoms with E-state index >= 15 is 0 Å². The summed E-state index contributed by atoms with van der Waals surface area (Å²) in [5.74, 6) is -0.966. The van der Waals surface area contributed by atoms with Crippen LogP contribution in [0.25, 0.3) is 0 Å². The number of aryl methyl sites for hydroxylation is 1. The van der Waals surface area contributed by atoms with Gasteiger partial charge in [0.15, 0.2) is 6.61 Å². The van der Waals surface area contributed by atoms with Crippen molar-refractivity contribution >= 4 is 34.4 Å². The van der Waals surface area contributed by atoms with Gasteiger partial charge in [-0.25, -0.2) is 4.79 Å². The summed E-state index contributed by atoms with van der Waals surface area (Å²) < 4.78 is 33.4. The van der Waals surface area contributed by atoms with Crippen LogP contribution < -0.4 is 10.1 Å². The first-order chi connectivity index (χ1) is 13.9. The molecule has 1 N–H and O–H groups in total. The molecule has 10 heteroatoms. The maximum Gasteiger partial charge on any atom is 0.387 e. The highest BCUT2D eigenvalue weighted by atomic mass is 32.1. The van der Waals surface area contributed by atoms with Crippen LogP contribution in [-0.4, -0.2) is 37.9 Å². The van der Waals surface area contributed by atoms with Gasteiger partial charge in [0.1, 0.15) is 10.8 Å². The number of nitrogens with zero attached hydrogens (tertiary/aromatic N) is 1. The van der Waals surface area contributed by atoms with Crippen LogP contribution in [0.15, 0.2) is 35.5 Å². The molecule has 0 saturated heterocycles. The van der Waals surface area contributed by atoms with Crippen molar-refractivity contribution in [2.75, 3.05) is 18.5 Å². The lowest BCUT2D eigenvalue weighted by molar-refractivity contribution is -0.120. The summed E-state index contributed by atoms with van der Waals surface area (Å²) >= 11 is 1.29. The molecule has 0 saturated carbocycles. The second kappa shape index (κ2) is 11.1. The minimum Gasteiger partial charge on any atom is -0.462 e. The normalized spacial score (nSPS) is 10.9. The summed E-state index contributed by atoms with van der Waals surface area (Å²) in [5.41, 5.74) is 0.874. The average Bonchev–Trinajstić information content (AvgIpc) is 3.09. The number of carbonyl (C=O) groups excluding carboxylic acids is 2. The van der Waals surface area contributed by atoms with E-state index in [4.69, 9.17) is 9.57 Å². The van der Waals surface area contributed by atoms with Crippen LogP contribution in [0.3, 0.4) is 0 Å². The van der Waals surface area contributed by atoms with E-state index in [-0.39, 0.29) is 19.0 Å². The zero-order chi connectivity index (χ0) is 21.2. The molecule has 1 aromatic heterocycles. The van der Waals surface area contributed by atoms with Gasteiger partial charge in [-0.15, -0.1) is 11.3 Å². The van der Waals surface area contributed by atoms with Crippen molar-refractivity contribution in [2.24, 2.45) is 5.16 Å². The van der Waals surface area contributed by atoms with Crippen LogP contribution >= 0.6 is 11.3 Å². The molecular weight excluding hydrogens is 406 g/mol. The van der Waals surface area contributed by atoms with E-state index in [1.807, 2.05) is 6.92 Å². The largest absolute Gasteiger partial charge is 0.462 e. The highest BCUT2D eigenvalue weighted by molar-refractivity contribution is 7.16. The van der Waals surface area contributed by atoms with Crippen molar-refractivity contribution in [1.82, 2.24) is 0 Å². The number of rotatable bonds is 10. The zero-order valence-electron chi connectivity index (χ0n) is 15.8. The summed E-state index contributed by atoms with van der Waals surface area (Å²) in [6, 6.07) is 7.43. The molecule has 0 spiro atoms. The van der Waals surface area contributed by atoms with Crippen LogP contribution in [-0.2, 0) is 20.8 Å². The number of ether oxygens (including phenoxy) is 2. The third kappa shape index (κ3) is 7.15. The van der Waals surface area contributed by atoms with Crippen molar-refractivity contribution in [2.45, 2.75) is 26.9 Å². The van der Waals surface area contributed by atoms with E-state index in [9.17, 15) is 18.4 Å². The number of amides is 1.